The van der Waals surface area contributed by atoms with Gasteiger partial charge in [-0.3, -0.25) is 23.3 Å². The van der Waals surface area contributed by atoms with Gasteiger partial charge >= 0.3 is 5.69 Å². The first kappa shape index (κ1) is 26.1. The highest BCUT2D eigenvalue weighted by molar-refractivity contribution is 9.10. The summed E-state index contributed by atoms with van der Waals surface area (Å²) < 4.78 is 44.1. The van der Waals surface area contributed by atoms with Gasteiger partial charge in [-0.15, -0.1) is 0 Å². The molecule has 12 heteroatoms. The SMILES string of the molecule is CCS(=O)(=O)c1cccc(-n2c(=O)n(C3CC3)c(=O)c3c(Nc4ccc(Br)cc4F)n(C)c(=O)c(C)c32)c1. The number of sulfone groups is 1. The molecular formula is C26H24BrFN4O5S. The number of hydrogen-bond donors (Lipinski definition) is 1. The van der Waals surface area contributed by atoms with Crippen LogP contribution in [0.25, 0.3) is 16.6 Å². The van der Waals surface area contributed by atoms with Gasteiger partial charge in [-0.1, -0.05) is 28.9 Å². The molecule has 0 spiro atoms. The first-order valence-electron chi connectivity index (χ1n) is 11.9. The number of benzene rings is 2. The lowest BCUT2D eigenvalue weighted by Gasteiger charge is -2.21. The van der Waals surface area contributed by atoms with E-state index in [0.29, 0.717) is 17.3 Å². The van der Waals surface area contributed by atoms with E-state index in [9.17, 15) is 27.2 Å². The molecule has 38 heavy (non-hydrogen) atoms. The third kappa shape index (κ3) is 4.21. The van der Waals surface area contributed by atoms with Gasteiger partial charge in [-0.25, -0.2) is 17.6 Å². The molecule has 1 fully saturated rings. The molecule has 4 aromatic rings. The Balaban J connectivity index is 1.93. The van der Waals surface area contributed by atoms with Gasteiger partial charge in [0.25, 0.3) is 11.1 Å². The highest BCUT2D eigenvalue weighted by Crippen LogP contribution is 2.34. The van der Waals surface area contributed by atoms with Crippen LogP contribution in [0.1, 0.15) is 31.4 Å². The fourth-order valence-corrected chi connectivity index (χ4v) is 5.81. The van der Waals surface area contributed by atoms with Crippen molar-refractivity contribution >= 4 is 48.2 Å². The zero-order valence-electron chi connectivity index (χ0n) is 20.8. The van der Waals surface area contributed by atoms with Crippen molar-refractivity contribution in [2.45, 2.75) is 37.6 Å². The fraction of sp³-hybridized carbons (Fsp3) is 0.269. The molecule has 0 unspecified atom stereocenters. The van der Waals surface area contributed by atoms with Crippen molar-refractivity contribution in [2.75, 3.05) is 11.1 Å². The molecule has 0 aliphatic heterocycles. The summed E-state index contributed by atoms with van der Waals surface area (Å²) in [4.78, 5) is 41.0. The molecule has 9 nitrogen and oxygen atoms in total. The average molecular weight is 603 g/mol. The highest BCUT2D eigenvalue weighted by Gasteiger charge is 2.32. The van der Waals surface area contributed by atoms with Gasteiger partial charge in [-0.2, -0.15) is 0 Å². The lowest BCUT2D eigenvalue weighted by molar-refractivity contribution is 0.597. The topological polar surface area (TPSA) is 112 Å². The van der Waals surface area contributed by atoms with Gasteiger partial charge in [-0.05, 0) is 56.2 Å². The third-order valence-electron chi connectivity index (χ3n) is 6.75. The maximum absolute atomic E-state index is 14.8. The molecule has 2 aromatic carbocycles. The van der Waals surface area contributed by atoms with Gasteiger partial charge in [0, 0.05) is 23.1 Å². The minimum atomic E-state index is -3.61. The molecular weight excluding hydrogens is 579 g/mol. The largest absolute Gasteiger partial charge is 0.338 e. The molecule has 0 bridgehead atoms. The van der Waals surface area contributed by atoms with E-state index in [4.69, 9.17) is 0 Å². The summed E-state index contributed by atoms with van der Waals surface area (Å²) in [6, 6.07) is 9.84. The molecule has 2 heterocycles. The predicted molar refractivity (Wildman–Crippen MR) is 147 cm³/mol. The van der Waals surface area contributed by atoms with E-state index >= 15 is 0 Å². The fourth-order valence-electron chi connectivity index (χ4n) is 4.56. The van der Waals surface area contributed by atoms with E-state index in [1.807, 2.05) is 0 Å². The van der Waals surface area contributed by atoms with Crippen molar-refractivity contribution in [3.05, 3.63) is 89.5 Å². The molecule has 5 rings (SSSR count). The van der Waals surface area contributed by atoms with Crippen LogP contribution in [0.4, 0.5) is 15.9 Å². The summed E-state index contributed by atoms with van der Waals surface area (Å²) in [7, 11) is -2.15. The second-order valence-corrected chi connectivity index (χ2v) is 12.4. The van der Waals surface area contributed by atoms with Crippen LogP contribution in [-0.2, 0) is 16.9 Å². The minimum Gasteiger partial charge on any atom is -0.338 e. The predicted octanol–water partition coefficient (Wildman–Crippen LogP) is 3.93. The number of halogens is 2. The zero-order valence-corrected chi connectivity index (χ0v) is 23.2. The Morgan fingerprint density at radius 3 is 2.42 bits per heavy atom. The van der Waals surface area contributed by atoms with Crippen molar-refractivity contribution in [2.24, 2.45) is 7.05 Å². The second-order valence-electron chi connectivity index (χ2n) is 9.24. The van der Waals surface area contributed by atoms with Crippen molar-refractivity contribution in [3.8, 4) is 5.69 Å². The molecule has 0 radical (unpaired) electrons. The van der Waals surface area contributed by atoms with Crippen LogP contribution in [0.5, 0.6) is 0 Å². The lowest BCUT2D eigenvalue weighted by Crippen LogP contribution is -2.41. The summed E-state index contributed by atoms with van der Waals surface area (Å²) >= 11 is 3.21. The van der Waals surface area contributed by atoms with Crippen LogP contribution in [0.3, 0.4) is 0 Å². The van der Waals surface area contributed by atoms with Gasteiger partial charge in [0.2, 0.25) is 0 Å². The Bertz CT molecular complexity index is 1920. The molecule has 1 saturated carbocycles. The molecule has 1 aliphatic rings. The normalized spacial score (nSPS) is 13.7. The molecule has 1 N–H and O–H groups in total. The first-order chi connectivity index (χ1) is 18.0. The van der Waals surface area contributed by atoms with Crippen LogP contribution >= 0.6 is 15.9 Å². The number of hydrogen-bond acceptors (Lipinski definition) is 6. The van der Waals surface area contributed by atoms with E-state index < -0.39 is 32.5 Å². The first-order valence-corrected chi connectivity index (χ1v) is 14.4. The standard InChI is InChI=1S/C26H24BrFN4O5S/c1-4-38(36,37)18-7-5-6-17(13-18)31-22-14(2)24(33)30(3)23(29-20-11-8-15(27)12-19(20)28)21(22)25(34)32(26(31)35)16-9-10-16/h5-8,11-13,16,29H,4,9-10H2,1-3H3. The molecule has 2 aromatic heterocycles. The van der Waals surface area contributed by atoms with Crippen molar-refractivity contribution in [1.29, 1.82) is 0 Å². The molecule has 0 saturated heterocycles. The minimum absolute atomic E-state index is 0.0125. The molecule has 0 amide bonds. The number of nitrogens with one attached hydrogen (secondary N) is 1. The average Bonchev–Trinajstić information content (AvgIpc) is 3.72. The summed E-state index contributed by atoms with van der Waals surface area (Å²) in [6.45, 7) is 3.02. The van der Waals surface area contributed by atoms with E-state index in [2.05, 4.69) is 21.2 Å². The van der Waals surface area contributed by atoms with E-state index in [1.54, 1.807) is 12.1 Å². The second kappa shape index (κ2) is 9.35. The molecule has 0 atom stereocenters. The number of aryl methyl sites for hydroxylation is 1. The number of fused-ring (bicyclic) bond motifs is 1. The van der Waals surface area contributed by atoms with Crippen LogP contribution in [-0.4, -0.2) is 27.9 Å². The van der Waals surface area contributed by atoms with E-state index in [-0.39, 0.29) is 50.3 Å². The van der Waals surface area contributed by atoms with Crippen LogP contribution in [0.2, 0.25) is 0 Å². The maximum atomic E-state index is 14.8. The summed E-state index contributed by atoms with van der Waals surface area (Å²) in [5.74, 6) is -0.740. The smallest absolute Gasteiger partial charge is 0.336 e. The van der Waals surface area contributed by atoms with Crippen molar-refractivity contribution in [3.63, 3.8) is 0 Å². The van der Waals surface area contributed by atoms with E-state index in [1.165, 1.54) is 60.4 Å². The van der Waals surface area contributed by atoms with Gasteiger partial charge < -0.3 is 5.32 Å². The lowest BCUT2D eigenvalue weighted by atomic mass is 10.1. The maximum Gasteiger partial charge on any atom is 0.336 e. The van der Waals surface area contributed by atoms with Crippen molar-refractivity contribution in [1.82, 2.24) is 13.7 Å². The Kier molecular flexibility index (Phi) is 6.42. The monoisotopic (exact) mass is 602 g/mol. The Morgan fingerprint density at radius 1 is 1.08 bits per heavy atom. The summed E-state index contributed by atoms with van der Waals surface area (Å²) in [5.41, 5.74) is -1.42. The van der Waals surface area contributed by atoms with Gasteiger partial charge in [0.1, 0.15) is 17.0 Å². The number of nitrogens with zero attached hydrogens (tertiary/aromatic N) is 3. The van der Waals surface area contributed by atoms with Crippen LogP contribution < -0.4 is 22.1 Å². The number of pyridine rings is 1. The molecule has 1 aliphatic carbocycles. The van der Waals surface area contributed by atoms with Gasteiger partial charge in [0.05, 0.1) is 27.5 Å². The molecule has 198 valence electrons. The van der Waals surface area contributed by atoms with Crippen LogP contribution in [0, 0.1) is 12.7 Å². The number of anilines is 2. The number of rotatable bonds is 6. The third-order valence-corrected chi connectivity index (χ3v) is 8.98. The summed E-state index contributed by atoms with van der Waals surface area (Å²) in [5, 5.41) is 2.91. The van der Waals surface area contributed by atoms with E-state index in [0.717, 1.165) is 4.57 Å². The Morgan fingerprint density at radius 2 is 1.79 bits per heavy atom. The Hall–Kier alpha value is -3.51. The van der Waals surface area contributed by atoms with Crippen molar-refractivity contribution < 1.29 is 12.8 Å². The van der Waals surface area contributed by atoms with Crippen LogP contribution in [0.15, 0.2) is 66.2 Å². The quantitative estimate of drug-likeness (QED) is 0.358. The van der Waals surface area contributed by atoms with Gasteiger partial charge in [0.15, 0.2) is 9.84 Å². The zero-order chi connectivity index (χ0) is 27.5. The summed E-state index contributed by atoms with van der Waals surface area (Å²) in [6.07, 6.45) is 1.25. The highest BCUT2D eigenvalue weighted by atomic mass is 79.9. The Labute approximate surface area is 225 Å². The number of aromatic nitrogens is 3.